The van der Waals surface area contributed by atoms with Gasteiger partial charge in [0.15, 0.2) is 5.69 Å². The Hall–Kier alpha value is -2.42. The number of carbonyl (C=O) groups excluding carboxylic acids is 1. The van der Waals surface area contributed by atoms with Crippen LogP contribution < -0.4 is 0 Å². The van der Waals surface area contributed by atoms with E-state index in [1.165, 1.54) is 0 Å². The molecule has 0 atom stereocenters. The third-order valence-electron chi connectivity index (χ3n) is 4.32. The third-order valence-corrected chi connectivity index (χ3v) is 5.48. The maximum atomic E-state index is 12.3. The number of halogens is 1. The molecule has 0 bridgehead atoms. The molecule has 0 fully saturated rings. The lowest BCUT2D eigenvalue weighted by Gasteiger charge is -2.15. The van der Waals surface area contributed by atoms with Gasteiger partial charge in [-0.2, -0.15) is 5.11 Å². The Bertz CT molecular complexity index is 1010. The third kappa shape index (κ3) is 4.13. The average Bonchev–Trinajstić information content (AvgIpc) is 2.94. The minimum atomic E-state index is -0.0143. The van der Waals surface area contributed by atoms with Gasteiger partial charge in [0.25, 0.3) is 5.91 Å². The summed E-state index contributed by atoms with van der Waals surface area (Å²) in [6, 6.07) is 10.9. The summed E-state index contributed by atoms with van der Waals surface area (Å²) in [6.45, 7) is 4.77. The van der Waals surface area contributed by atoms with Crippen LogP contribution in [0, 0.1) is 10.5 Å². The fourth-order valence-corrected chi connectivity index (χ4v) is 3.30. The van der Waals surface area contributed by atoms with Crippen LogP contribution >= 0.6 is 22.6 Å². The van der Waals surface area contributed by atoms with Crippen LogP contribution in [-0.2, 0) is 0 Å². The number of aromatic amines is 1. The molecule has 0 spiro atoms. The molecule has 1 aromatic heterocycles. The van der Waals surface area contributed by atoms with Gasteiger partial charge in [0.2, 0.25) is 5.88 Å². The van der Waals surface area contributed by atoms with Crippen LogP contribution in [0.15, 0.2) is 46.6 Å². The summed E-state index contributed by atoms with van der Waals surface area (Å²) < 4.78 is 1.09. The molecular formula is C20H21IN4O2. The average molecular weight is 476 g/mol. The van der Waals surface area contributed by atoms with Crippen molar-refractivity contribution in [2.75, 3.05) is 13.6 Å². The maximum Gasteiger partial charge on any atom is 0.253 e. The summed E-state index contributed by atoms with van der Waals surface area (Å²) in [5.74, 6) is -0.0253. The monoisotopic (exact) mass is 476 g/mol. The van der Waals surface area contributed by atoms with Gasteiger partial charge in [-0.1, -0.05) is 6.92 Å². The van der Waals surface area contributed by atoms with Gasteiger partial charge in [-0.05, 0) is 77.9 Å². The number of azo groups is 1. The zero-order chi connectivity index (χ0) is 19.6. The summed E-state index contributed by atoms with van der Waals surface area (Å²) in [5, 5.41) is 19.4. The molecule has 3 aromatic rings. The van der Waals surface area contributed by atoms with Gasteiger partial charge in [0, 0.05) is 28.1 Å². The van der Waals surface area contributed by atoms with Crippen LogP contribution in [0.5, 0.6) is 5.88 Å². The van der Waals surface area contributed by atoms with Gasteiger partial charge in [0.05, 0.1) is 11.2 Å². The number of H-pyrrole nitrogens is 1. The molecule has 0 aliphatic heterocycles. The first kappa shape index (κ1) is 19.3. The second kappa shape index (κ2) is 8.08. The molecule has 7 heteroatoms. The van der Waals surface area contributed by atoms with E-state index in [0.717, 1.165) is 33.0 Å². The van der Waals surface area contributed by atoms with Crippen molar-refractivity contribution in [1.29, 1.82) is 0 Å². The molecule has 2 N–H and O–H groups in total. The quantitative estimate of drug-likeness (QED) is 0.367. The minimum absolute atomic E-state index is 0.0110. The zero-order valence-electron chi connectivity index (χ0n) is 15.5. The number of nitrogens with zero attached hydrogens (tertiary/aromatic N) is 3. The summed E-state index contributed by atoms with van der Waals surface area (Å²) in [4.78, 5) is 16.9. The van der Waals surface area contributed by atoms with Crippen LogP contribution in [0.25, 0.3) is 10.9 Å². The van der Waals surface area contributed by atoms with E-state index >= 15 is 0 Å². The number of benzene rings is 2. The number of aromatic nitrogens is 1. The topological polar surface area (TPSA) is 81.1 Å². The highest BCUT2D eigenvalue weighted by atomic mass is 127. The fraction of sp³-hybridized carbons (Fsp3) is 0.250. The first-order valence-electron chi connectivity index (χ1n) is 8.68. The molecule has 2 aromatic carbocycles. The standard InChI is InChI=1S/C20H21IN4O2/c1-4-9-25(3)20(27)13-5-7-14(8-6-13)23-24-18-15-11-16(21)12(2)10-17(15)22-19(18)26/h5-8,10-11,22,26H,4,9H2,1-3H3. The number of aromatic hydroxyl groups is 1. The summed E-state index contributed by atoms with van der Waals surface area (Å²) in [7, 11) is 1.79. The molecule has 0 unspecified atom stereocenters. The van der Waals surface area contributed by atoms with Crippen molar-refractivity contribution in [3.63, 3.8) is 0 Å². The normalized spacial score (nSPS) is 11.4. The number of hydrogen-bond donors (Lipinski definition) is 2. The van der Waals surface area contributed by atoms with Crippen LogP contribution in [0.4, 0.5) is 11.4 Å². The maximum absolute atomic E-state index is 12.3. The van der Waals surface area contributed by atoms with Gasteiger partial charge in [-0.3, -0.25) is 4.79 Å². The molecule has 0 saturated carbocycles. The second-order valence-corrected chi connectivity index (χ2v) is 7.60. The van der Waals surface area contributed by atoms with Gasteiger partial charge in [-0.25, -0.2) is 0 Å². The van der Waals surface area contributed by atoms with Gasteiger partial charge in [-0.15, -0.1) is 5.11 Å². The lowest BCUT2D eigenvalue weighted by Crippen LogP contribution is -2.27. The Balaban J connectivity index is 1.84. The van der Waals surface area contributed by atoms with Crippen LogP contribution in [0.2, 0.25) is 0 Å². The highest BCUT2D eigenvalue weighted by molar-refractivity contribution is 14.1. The van der Waals surface area contributed by atoms with E-state index in [4.69, 9.17) is 0 Å². The Morgan fingerprint density at radius 2 is 1.93 bits per heavy atom. The van der Waals surface area contributed by atoms with Gasteiger partial charge >= 0.3 is 0 Å². The second-order valence-electron chi connectivity index (χ2n) is 6.44. The molecule has 6 nitrogen and oxygen atoms in total. The molecule has 140 valence electrons. The van der Waals surface area contributed by atoms with Crippen LogP contribution in [0.1, 0.15) is 29.3 Å². The summed E-state index contributed by atoms with van der Waals surface area (Å²) in [5.41, 5.74) is 3.58. The van der Waals surface area contributed by atoms with Crippen molar-refractivity contribution in [3.8, 4) is 5.88 Å². The number of fused-ring (bicyclic) bond motifs is 1. The van der Waals surface area contributed by atoms with E-state index < -0.39 is 0 Å². The highest BCUT2D eigenvalue weighted by Gasteiger charge is 2.13. The number of hydrogen-bond acceptors (Lipinski definition) is 4. The molecule has 0 radical (unpaired) electrons. The van der Waals surface area contributed by atoms with Crippen LogP contribution in [-0.4, -0.2) is 34.5 Å². The molecule has 1 heterocycles. The van der Waals surface area contributed by atoms with E-state index in [-0.39, 0.29) is 11.8 Å². The zero-order valence-corrected chi connectivity index (χ0v) is 17.6. The first-order chi connectivity index (χ1) is 12.9. The predicted molar refractivity (Wildman–Crippen MR) is 115 cm³/mol. The van der Waals surface area contributed by atoms with Gasteiger partial charge in [0.1, 0.15) is 0 Å². The smallest absolute Gasteiger partial charge is 0.253 e. The molecule has 0 aliphatic carbocycles. The fourth-order valence-electron chi connectivity index (χ4n) is 2.83. The van der Waals surface area contributed by atoms with Crippen molar-refractivity contribution >= 4 is 50.8 Å². The Morgan fingerprint density at radius 3 is 2.59 bits per heavy atom. The Morgan fingerprint density at radius 1 is 1.22 bits per heavy atom. The molecule has 27 heavy (non-hydrogen) atoms. The van der Waals surface area contributed by atoms with E-state index in [2.05, 4.69) is 37.8 Å². The molecule has 0 aliphatic rings. The van der Waals surface area contributed by atoms with Crippen molar-refractivity contribution in [3.05, 3.63) is 51.1 Å². The number of nitrogens with one attached hydrogen (secondary N) is 1. The summed E-state index contributed by atoms with van der Waals surface area (Å²) >= 11 is 2.26. The van der Waals surface area contributed by atoms with E-state index in [0.29, 0.717) is 16.9 Å². The molecule has 1 amide bonds. The Kier molecular flexibility index (Phi) is 5.79. The molecule has 0 saturated heterocycles. The summed E-state index contributed by atoms with van der Waals surface area (Å²) in [6.07, 6.45) is 0.918. The molecular weight excluding hydrogens is 455 g/mol. The number of rotatable bonds is 5. The SMILES string of the molecule is CCCN(C)C(=O)c1ccc(N=Nc2c(O)[nH]c3cc(C)c(I)cc23)cc1. The van der Waals surface area contributed by atoms with Crippen molar-refractivity contribution in [2.24, 2.45) is 10.2 Å². The largest absolute Gasteiger partial charge is 0.493 e. The van der Waals surface area contributed by atoms with E-state index in [9.17, 15) is 9.90 Å². The van der Waals surface area contributed by atoms with Gasteiger partial charge < -0.3 is 15.0 Å². The number of amides is 1. The molecule has 3 rings (SSSR count). The van der Waals surface area contributed by atoms with E-state index in [1.54, 1.807) is 36.2 Å². The van der Waals surface area contributed by atoms with Crippen molar-refractivity contribution < 1.29 is 9.90 Å². The van der Waals surface area contributed by atoms with Crippen LogP contribution in [0.3, 0.4) is 0 Å². The highest BCUT2D eigenvalue weighted by Crippen LogP contribution is 2.37. The minimum Gasteiger partial charge on any atom is -0.493 e. The Labute approximate surface area is 171 Å². The van der Waals surface area contributed by atoms with E-state index in [1.807, 2.05) is 26.0 Å². The first-order valence-corrected chi connectivity index (χ1v) is 9.76. The van der Waals surface area contributed by atoms with Crippen molar-refractivity contribution in [2.45, 2.75) is 20.3 Å². The van der Waals surface area contributed by atoms with Crippen molar-refractivity contribution in [1.82, 2.24) is 9.88 Å². The lowest BCUT2D eigenvalue weighted by atomic mass is 10.2. The predicted octanol–water partition coefficient (Wildman–Crippen LogP) is 5.68. The number of aryl methyl sites for hydroxylation is 1. The lowest BCUT2D eigenvalue weighted by molar-refractivity contribution is 0.0795. The number of carbonyl (C=O) groups is 1.